The predicted molar refractivity (Wildman–Crippen MR) is 91.5 cm³/mol. The van der Waals surface area contributed by atoms with Gasteiger partial charge < -0.3 is 10.6 Å². The maximum Gasteiger partial charge on any atom is 0.319 e. The molecule has 0 aliphatic rings. The van der Waals surface area contributed by atoms with E-state index in [2.05, 4.69) is 20.7 Å². The van der Waals surface area contributed by atoms with Crippen LogP contribution in [0.4, 0.5) is 10.5 Å². The first kappa shape index (κ1) is 15.2. The van der Waals surface area contributed by atoms with Gasteiger partial charge in [-0.3, -0.25) is 4.68 Å². The fourth-order valence-corrected chi connectivity index (χ4v) is 2.96. The highest BCUT2D eigenvalue weighted by atomic mass is 32.1. The van der Waals surface area contributed by atoms with Crippen LogP contribution in [-0.2, 0) is 13.5 Å². The number of aromatic nitrogens is 3. The molecule has 2 aromatic heterocycles. The van der Waals surface area contributed by atoms with Gasteiger partial charge in [-0.25, -0.2) is 9.78 Å². The molecule has 0 radical (unpaired) electrons. The number of aryl methyl sites for hydroxylation is 1. The van der Waals surface area contributed by atoms with Crippen molar-refractivity contribution in [1.82, 2.24) is 20.1 Å². The van der Waals surface area contributed by atoms with Crippen LogP contribution in [-0.4, -0.2) is 27.3 Å². The number of carbonyl (C=O) groups excluding carboxylic acids is 1. The Morgan fingerprint density at radius 2 is 2.13 bits per heavy atom. The summed E-state index contributed by atoms with van der Waals surface area (Å²) in [7, 11) is 1.80. The van der Waals surface area contributed by atoms with Gasteiger partial charge in [0.15, 0.2) is 0 Å². The highest BCUT2D eigenvalue weighted by Crippen LogP contribution is 2.23. The van der Waals surface area contributed by atoms with E-state index in [-0.39, 0.29) is 6.03 Å². The Hall–Kier alpha value is -2.67. The lowest BCUT2D eigenvalue weighted by Gasteiger charge is -2.04. The number of anilines is 1. The molecule has 0 unspecified atom stereocenters. The van der Waals surface area contributed by atoms with Crippen LogP contribution in [0.15, 0.2) is 48.1 Å². The van der Waals surface area contributed by atoms with Gasteiger partial charge in [-0.15, -0.1) is 11.3 Å². The van der Waals surface area contributed by atoms with Crippen LogP contribution in [0.1, 0.15) is 5.69 Å². The Kier molecular flexibility index (Phi) is 4.68. The average molecular weight is 327 g/mol. The number of urea groups is 1. The molecule has 6 nitrogen and oxygen atoms in total. The molecule has 0 aliphatic carbocycles. The van der Waals surface area contributed by atoms with Gasteiger partial charge in [-0.2, -0.15) is 5.10 Å². The summed E-state index contributed by atoms with van der Waals surface area (Å²) in [5, 5.41) is 12.6. The fraction of sp³-hybridized carbons (Fsp3) is 0.188. The second-order valence-corrected chi connectivity index (χ2v) is 5.90. The number of amides is 2. The number of carbonyl (C=O) groups is 1. The van der Waals surface area contributed by atoms with Crippen molar-refractivity contribution in [2.75, 3.05) is 11.9 Å². The van der Waals surface area contributed by atoms with Crippen LogP contribution in [0, 0.1) is 0 Å². The maximum atomic E-state index is 11.8. The van der Waals surface area contributed by atoms with E-state index in [1.807, 2.05) is 35.7 Å². The summed E-state index contributed by atoms with van der Waals surface area (Å²) < 4.78 is 1.63. The molecular formula is C16H17N5OS. The minimum Gasteiger partial charge on any atom is -0.337 e. The molecule has 3 rings (SSSR count). The Labute approximate surface area is 138 Å². The molecule has 118 valence electrons. The molecule has 2 amide bonds. The number of hydrogen-bond acceptors (Lipinski definition) is 4. The molecule has 1 aromatic carbocycles. The van der Waals surface area contributed by atoms with Crippen LogP contribution in [0.2, 0.25) is 0 Å². The molecule has 0 saturated heterocycles. The summed E-state index contributed by atoms with van der Waals surface area (Å²) in [6.45, 7) is 0.532. The van der Waals surface area contributed by atoms with Gasteiger partial charge in [0.1, 0.15) is 5.01 Å². The van der Waals surface area contributed by atoms with Gasteiger partial charge in [0, 0.05) is 37.2 Å². The van der Waals surface area contributed by atoms with Gasteiger partial charge in [0.2, 0.25) is 0 Å². The fourth-order valence-electron chi connectivity index (χ4n) is 2.10. The van der Waals surface area contributed by atoms with Crippen molar-refractivity contribution in [2.24, 2.45) is 7.05 Å². The van der Waals surface area contributed by atoms with Crippen LogP contribution < -0.4 is 10.6 Å². The summed E-state index contributed by atoms with van der Waals surface area (Å²) in [6, 6.07) is 9.84. The summed E-state index contributed by atoms with van der Waals surface area (Å²) in [5.41, 5.74) is 2.77. The first-order chi connectivity index (χ1) is 11.2. The Bertz CT molecular complexity index is 781. The molecule has 3 aromatic rings. The normalized spacial score (nSPS) is 10.5. The molecule has 0 fully saturated rings. The SMILES string of the molecule is Cn1cc(NC(=O)NCCc2csc(-c3ccccc3)n2)cn1. The number of rotatable bonds is 5. The molecule has 23 heavy (non-hydrogen) atoms. The van der Waals surface area contributed by atoms with Gasteiger partial charge in [-0.05, 0) is 0 Å². The molecular weight excluding hydrogens is 310 g/mol. The quantitative estimate of drug-likeness (QED) is 0.757. The molecule has 0 atom stereocenters. The highest BCUT2D eigenvalue weighted by molar-refractivity contribution is 7.13. The van der Waals surface area contributed by atoms with Gasteiger partial charge in [0.25, 0.3) is 0 Å². The van der Waals surface area contributed by atoms with Crippen molar-refractivity contribution < 1.29 is 4.79 Å². The summed E-state index contributed by atoms with van der Waals surface area (Å²) >= 11 is 1.62. The first-order valence-electron chi connectivity index (χ1n) is 7.24. The highest BCUT2D eigenvalue weighted by Gasteiger charge is 2.06. The minimum atomic E-state index is -0.239. The van der Waals surface area contributed by atoms with Crippen molar-refractivity contribution in [3.8, 4) is 10.6 Å². The summed E-state index contributed by atoms with van der Waals surface area (Å²) in [4.78, 5) is 16.4. The van der Waals surface area contributed by atoms with Crippen LogP contribution in [0.3, 0.4) is 0 Å². The molecule has 0 aliphatic heterocycles. The lowest BCUT2D eigenvalue weighted by atomic mass is 10.2. The molecule has 0 spiro atoms. The topological polar surface area (TPSA) is 71.8 Å². The maximum absolute atomic E-state index is 11.8. The van der Waals surface area contributed by atoms with Gasteiger partial charge >= 0.3 is 6.03 Å². The zero-order valence-electron chi connectivity index (χ0n) is 12.7. The summed E-state index contributed by atoms with van der Waals surface area (Å²) in [6.07, 6.45) is 4.04. The number of nitrogens with one attached hydrogen (secondary N) is 2. The Morgan fingerprint density at radius 3 is 2.87 bits per heavy atom. The van der Waals surface area contributed by atoms with E-state index >= 15 is 0 Å². The zero-order valence-corrected chi connectivity index (χ0v) is 13.5. The second kappa shape index (κ2) is 7.06. The Morgan fingerprint density at radius 1 is 1.30 bits per heavy atom. The Balaban J connectivity index is 1.47. The number of hydrogen-bond donors (Lipinski definition) is 2. The van der Waals surface area contributed by atoms with E-state index < -0.39 is 0 Å². The first-order valence-corrected chi connectivity index (χ1v) is 8.12. The smallest absolute Gasteiger partial charge is 0.319 e. The second-order valence-electron chi connectivity index (χ2n) is 5.04. The monoisotopic (exact) mass is 327 g/mol. The third kappa shape index (κ3) is 4.17. The van der Waals surface area contributed by atoms with E-state index in [0.717, 1.165) is 16.3 Å². The molecule has 2 heterocycles. The number of nitrogens with zero attached hydrogens (tertiary/aromatic N) is 3. The third-order valence-electron chi connectivity index (χ3n) is 3.20. The molecule has 0 saturated carbocycles. The van der Waals surface area contributed by atoms with E-state index in [1.54, 1.807) is 35.5 Å². The van der Waals surface area contributed by atoms with E-state index in [0.29, 0.717) is 18.7 Å². The van der Waals surface area contributed by atoms with Crippen molar-refractivity contribution >= 4 is 23.1 Å². The third-order valence-corrected chi connectivity index (χ3v) is 4.14. The number of thiazole rings is 1. The van der Waals surface area contributed by atoms with E-state index in [4.69, 9.17) is 0 Å². The van der Waals surface area contributed by atoms with Crippen LogP contribution in [0.5, 0.6) is 0 Å². The molecule has 7 heteroatoms. The lowest BCUT2D eigenvalue weighted by Crippen LogP contribution is -2.30. The average Bonchev–Trinajstić information content (AvgIpc) is 3.17. The van der Waals surface area contributed by atoms with Crippen molar-refractivity contribution in [1.29, 1.82) is 0 Å². The largest absolute Gasteiger partial charge is 0.337 e. The van der Waals surface area contributed by atoms with Crippen LogP contribution >= 0.6 is 11.3 Å². The summed E-state index contributed by atoms with van der Waals surface area (Å²) in [5.74, 6) is 0. The standard InChI is InChI=1S/C16H17N5OS/c1-21-10-14(9-18-21)20-16(22)17-8-7-13-11-23-15(19-13)12-5-3-2-4-6-12/h2-6,9-11H,7-8H2,1H3,(H2,17,20,22). The predicted octanol–water partition coefficient (Wildman–Crippen LogP) is 2.91. The minimum absolute atomic E-state index is 0.239. The van der Waals surface area contributed by atoms with Crippen molar-refractivity contribution in [3.63, 3.8) is 0 Å². The molecule has 0 bridgehead atoms. The number of benzene rings is 1. The van der Waals surface area contributed by atoms with Gasteiger partial charge in [-0.1, -0.05) is 30.3 Å². The van der Waals surface area contributed by atoms with E-state index in [9.17, 15) is 4.79 Å². The van der Waals surface area contributed by atoms with E-state index in [1.165, 1.54) is 0 Å². The molecule has 2 N–H and O–H groups in total. The van der Waals surface area contributed by atoms with Crippen LogP contribution in [0.25, 0.3) is 10.6 Å². The van der Waals surface area contributed by atoms with Crippen molar-refractivity contribution in [3.05, 3.63) is 53.8 Å². The van der Waals surface area contributed by atoms with Gasteiger partial charge in [0.05, 0.1) is 17.6 Å². The zero-order chi connectivity index (χ0) is 16.1. The lowest BCUT2D eigenvalue weighted by molar-refractivity contribution is 0.252. The van der Waals surface area contributed by atoms with Crippen molar-refractivity contribution in [2.45, 2.75) is 6.42 Å².